The summed E-state index contributed by atoms with van der Waals surface area (Å²) in [6.07, 6.45) is 5.36. The van der Waals surface area contributed by atoms with E-state index in [1.165, 1.54) is 0 Å². The van der Waals surface area contributed by atoms with Crippen LogP contribution in [0.5, 0.6) is 0 Å². The van der Waals surface area contributed by atoms with Crippen LogP contribution in [0.25, 0.3) is 0 Å². The summed E-state index contributed by atoms with van der Waals surface area (Å²) in [5.41, 5.74) is 5.88. The lowest BCUT2D eigenvalue weighted by Crippen LogP contribution is -2.11. The molecule has 0 spiro atoms. The van der Waals surface area contributed by atoms with Crippen LogP contribution in [-0.2, 0) is 4.74 Å². The van der Waals surface area contributed by atoms with Crippen LogP contribution < -0.4 is 5.73 Å². The van der Waals surface area contributed by atoms with E-state index in [-0.39, 0.29) is 12.2 Å². The Bertz CT molecular complexity index is 249. The first kappa shape index (κ1) is 12.9. The number of nitrogens with zero attached hydrogens (tertiary/aromatic N) is 1. The second-order valence-corrected chi connectivity index (χ2v) is 3.26. The molecule has 0 aromatic rings. The number of nitriles is 1. The lowest BCUT2D eigenvalue weighted by atomic mass is 10.2. The summed E-state index contributed by atoms with van der Waals surface area (Å²) in [7, 11) is 0. The summed E-state index contributed by atoms with van der Waals surface area (Å²) in [6, 6.07) is 2.08. The van der Waals surface area contributed by atoms with Gasteiger partial charge in [-0.1, -0.05) is 6.08 Å². The first-order valence-corrected chi connectivity index (χ1v) is 4.74. The molecular weight excluding hydrogens is 176 g/mol. The number of allylic oxidation sites excluding steroid dienone is 2. The molecule has 0 saturated carbocycles. The lowest BCUT2D eigenvalue weighted by molar-refractivity contribution is 0.0459. The van der Waals surface area contributed by atoms with E-state index in [0.717, 1.165) is 0 Å². The van der Waals surface area contributed by atoms with E-state index in [4.69, 9.17) is 15.7 Å². The summed E-state index contributed by atoms with van der Waals surface area (Å²) >= 11 is 0. The zero-order chi connectivity index (χ0) is 11.0. The molecule has 0 aliphatic heterocycles. The normalized spacial score (nSPS) is 14.7. The van der Waals surface area contributed by atoms with Gasteiger partial charge < -0.3 is 10.5 Å². The predicted molar refractivity (Wildman–Crippen MR) is 57.6 cm³/mol. The van der Waals surface area contributed by atoms with Crippen molar-refractivity contribution in [3.63, 3.8) is 0 Å². The third kappa shape index (κ3) is 6.41. The van der Waals surface area contributed by atoms with Gasteiger partial charge in [0.25, 0.3) is 0 Å². The maximum absolute atomic E-state index is 8.77. The molecule has 2 N–H and O–H groups in total. The van der Waals surface area contributed by atoms with Crippen LogP contribution in [0.2, 0.25) is 0 Å². The molecule has 3 heteroatoms. The van der Waals surface area contributed by atoms with Gasteiger partial charge in [-0.2, -0.15) is 5.26 Å². The first-order chi connectivity index (χ1) is 6.60. The molecule has 3 nitrogen and oxygen atoms in total. The monoisotopic (exact) mass is 194 g/mol. The van der Waals surface area contributed by atoms with Crippen molar-refractivity contribution in [2.45, 2.75) is 33.0 Å². The van der Waals surface area contributed by atoms with Crippen molar-refractivity contribution in [2.24, 2.45) is 5.73 Å². The van der Waals surface area contributed by atoms with Gasteiger partial charge in [0.15, 0.2) is 0 Å². The summed E-state index contributed by atoms with van der Waals surface area (Å²) in [5.74, 6) is 0. The maximum Gasteiger partial charge on any atom is 0.0989 e. The fourth-order valence-electron chi connectivity index (χ4n) is 1.05. The molecule has 0 saturated heterocycles. The van der Waals surface area contributed by atoms with E-state index in [9.17, 15) is 0 Å². The summed E-state index contributed by atoms with van der Waals surface area (Å²) in [6.45, 7) is 6.28. The van der Waals surface area contributed by atoms with Gasteiger partial charge >= 0.3 is 0 Å². The minimum atomic E-state index is -0.0490. The summed E-state index contributed by atoms with van der Waals surface area (Å²) < 4.78 is 5.47. The Kier molecular flexibility index (Phi) is 6.73. The molecule has 0 aromatic heterocycles. The zero-order valence-electron chi connectivity index (χ0n) is 9.03. The van der Waals surface area contributed by atoms with Gasteiger partial charge in [-0.05, 0) is 32.9 Å². The highest BCUT2D eigenvalue weighted by Crippen LogP contribution is 2.03. The Morgan fingerprint density at radius 3 is 2.57 bits per heavy atom. The van der Waals surface area contributed by atoms with Crippen LogP contribution in [0.3, 0.4) is 0 Å². The van der Waals surface area contributed by atoms with Crippen molar-refractivity contribution in [3.8, 4) is 6.07 Å². The molecule has 1 atom stereocenters. The molecule has 0 rings (SSSR count). The maximum atomic E-state index is 8.77. The smallest absolute Gasteiger partial charge is 0.0989 e. The highest BCUT2D eigenvalue weighted by molar-refractivity contribution is 5.33. The molecule has 0 radical (unpaired) electrons. The van der Waals surface area contributed by atoms with E-state index in [1.54, 1.807) is 18.2 Å². The second kappa shape index (κ2) is 7.31. The van der Waals surface area contributed by atoms with Gasteiger partial charge in [0, 0.05) is 6.54 Å². The zero-order valence-corrected chi connectivity index (χ0v) is 9.03. The van der Waals surface area contributed by atoms with E-state index in [0.29, 0.717) is 12.1 Å². The Morgan fingerprint density at radius 2 is 2.14 bits per heavy atom. The SMILES string of the molecule is CC(C)OC(C)/C=C(C#N)\C=C/CN. The fourth-order valence-corrected chi connectivity index (χ4v) is 1.05. The van der Waals surface area contributed by atoms with Crippen molar-refractivity contribution in [2.75, 3.05) is 6.54 Å². The second-order valence-electron chi connectivity index (χ2n) is 3.26. The molecule has 0 bridgehead atoms. The molecule has 0 heterocycles. The van der Waals surface area contributed by atoms with Gasteiger partial charge in [0.05, 0.1) is 23.9 Å². The van der Waals surface area contributed by atoms with E-state index in [2.05, 4.69) is 6.07 Å². The Hall–Kier alpha value is -1.11. The third-order valence-electron chi connectivity index (χ3n) is 1.46. The van der Waals surface area contributed by atoms with E-state index >= 15 is 0 Å². The topological polar surface area (TPSA) is 59.0 Å². The van der Waals surface area contributed by atoms with Crippen molar-refractivity contribution < 1.29 is 4.74 Å². The highest BCUT2D eigenvalue weighted by atomic mass is 16.5. The van der Waals surface area contributed by atoms with Crippen molar-refractivity contribution >= 4 is 0 Å². The van der Waals surface area contributed by atoms with E-state index < -0.39 is 0 Å². The average Bonchev–Trinajstić information content (AvgIpc) is 2.10. The number of hydrogen-bond donors (Lipinski definition) is 1. The number of nitrogens with two attached hydrogens (primary N) is 1. The van der Waals surface area contributed by atoms with Gasteiger partial charge in [-0.15, -0.1) is 0 Å². The van der Waals surface area contributed by atoms with Crippen LogP contribution >= 0.6 is 0 Å². The number of ether oxygens (including phenoxy) is 1. The van der Waals surface area contributed by atoms with Gasteiger partial charge in [-0.25, -0.2) is 0 Å². The van der Waals surface area contributed by atoms with Crippen molar-refractivity contribution in [1.29, 1.82) is 5.26 Å². The Labute approximate surface area is 85.9 Å². The molecule has 14 heavy (non-hydrogen) atoms. The van der Waals surface area contributed by atoms with Crippen LogP contribution in [0, 0.1) is 11.3 Å². The minimum Gasteiger partial charge on any atom is -0.372 e. The molecule has 0 aromatic carbocycles. The molecular formula is C11H18N2O. The van der Waals surface area contributed by atoms with Crippen molar-refractivity contribution in [3.05, 3.63) is 23.8 Å². The van der Waals surface area contributed by atoms with Crippen molar-refractivity contribution in [1.82, 2.24) is 0 Å². The largest absolute Gasteiger partial charge is 0.372 e. The van der Waals surface area contributed by atoms with E-state index in [1.807, 2.05) is 20.8 Å². The lowest BCUT2D eigenvalue weighted by Gasteiger charge is -2.11. The third-order valence-corrected chi connectivity index (χ3v) is 1.46. The van der Waals surface area contributed by atoms with Crippen LogP contribution in [0.4, 0.5) is 0 Å². The number of rotatable bonds is 5. The first-order valence-electron chi connectivity index (χ1n) is 4.74. The van der Waals surface area contributed by atoms with Crippen LogP contribution in [-0.4, -0.2) is 18.8 Å². The molecule has 78 valence electrons. The molecule has 0 fully saturated rings. The minimum absolute atomic E-state index is 0.0490. The molecule has 0 amide bonds. The highest BCUT2D eigenvalue weighted by Gasteiger charge is 2.01. The Balaban J connectivity index is 4.30. The summed E-state index contributed by atoms with van der Waals surface area (Å²) in [5, 5.41) is 8.77. The fraction of sp³-hybridized carbons (Fsp3) is 0.545. The molecule has 0 aliphatic carbocycles. The number of hydrogen-bond acceptors (Lipinski definition) is 3. The predicted octanol–water partition coefficient (Wildman–Crippen LogP) is 1.76. The van der Waals surface area contributed by atoms with Gasteiger partial charge in [0.1, 0.15) is 0 Å². The molecule has 1 unspecified atom stereocenters. The molecule has 0 aliphatic rings. The average molecular weight is 194 g/mol. The van der Waals surface area contributed by atoms with Gasteiger partial charge in [0.2, 0.25) is 0 Å². The van der Waals surface area contributed by atoms with Crippen LogP contribution in [0.1, 0.15) is 20.8 Å². The van der Waals surface area contributed by atoms with Crippen LogP contribution in [0.15, 0.2) is 23.8 Å². The summed E-state index contributed by atoms with van der Waals surface area (Å²) in [4.78, 5) is 0. The quantitative estimate of drug-likeness (QED) is 0.536. The Morgan fingerprint density at radius 1 is 1.50 bits per heavy atom. The van der Waals surface area contributed by atoms with Gasteiger partial charge in [-0.3, -0.25) is 0 Å². The standard InChI is InChI=1S/C11H18N2O/c1-9(2)14-10(3)7-11(8-13)5-4-6-12/h4-5,7,9-10H,6,12H2,1-3H3/b5-4-,11-7+.